The van der Waals surface area contributed by atoms with E-state index in [9.17, 15) is 9.90 Å². The first-order valence-electron chi connectivity index (χ1n) is 12.7. The van der Waals surface area contributed by atoms with Gasteiger partial charge in [0.1, 0.15) is 18.1 Å². The van der Waals surface area contributed by atoms with Crippen molar-refractivity contribution in [2.45, 2.75) is 69.4 Å². The maximum absolute atomic E-state index is 13.0. The van der Waals surface area contributed by atoms with Gasteiger partial charge < -0.3 is 24.8 Å². The fourth-order valence-corrected chi connectivity index (χ4v) is 5.30. The summed E-state index contributed by atoms with van der Waals surface area (Å²) in [5.41, 5.74) is 3.12. The highest BCUT2D eigenvalue weighted by Gasteiger charge is 2.35. The Balaban J connectivity index is 1.13. The number of carbonyl (C=O) groups is 1. The number of aliphatic hydroxyl groups is 1. The van der Waals surface area contributed by atoms with Crippen LogP contribution in [0.25, 0.3) is 0 Å². The first kappa shape index (κ1) is 23.2. The molecule has 6 heteroatoms. The van der Waals surface area contributed by atoms with Crippen LogP contribution in [0.3, 0.4) is 0 Å². The molecule has 2 N–H and O–H groups in total. The standard InChI is InChI=1S/C28H36N2O4/c1-20-18-23(8-11-25(20)33-17-15-29-28(19-31)13-2-3-14-28)30-16-12-26(27(30)32)34-24-9-6-22(7-10-24)21-4-5-21/h6-11,18,21,26,29,31H,2-5,12-17,19H2,1H3/t26-/m0/s1. The summed E-state index contributed by atoms with van der Waals surface area (Å²) in [6.07, 6.45) is 7.18. The van der Waals surface area contributed by atoms with E-state index in [0.29, 0.717) is 32.0 Å². The molecule has 3 fully saturated rings. The summed E-state index contributed by atoms with van der Waals surface area (Å²) < 4.78 is 12.0. The SMILES string of the molecule is Cc1cc(N2CC[C@H](Oc3ccc(C4CC4)cc3)C2=O)ccc1OCCNC1(CO)CCCC1. The number of hydrogen-bond donors (Lipinski definition) is 2. The number of aliphatic hydroxyl groups excluding tert-OH is 1. The highest BCUT2D eigenvalue weighted by Crippen LogP contribution is 2.40. The second kappa shape index (κ2) is 9.96. The average molecular weight is 465 g/mol. The maximum Gasteiger partial charge on any atom is 0.268 e. The third-order valence-electron chi connectivity index (χ3n) is 7.56. The van der Waals surface area contributed by atoms with E-state index in [4.69, 9.17) is 9.47 Å². The molecule has 2 aromatic carbocycles. The third-order valence-corrected chi connectivity index (χ3v) is 7.56. The number of carbonyl (C=O) groups excluding carboxylic acids is 1. The summed E-state index contributed by atoms with van der Waals surface area (Å²) in [7, 11) is 0. The summed E-state index contributed by atoms with van der Waals surface area (Å²) in [4.78, 5) is 14.8. The van der Waals surface area contributed by atoms with E-state index in [1.807, 2.05) is 42.2 Å². The van der Waals surface area contributed by atoms with Gasteiger partial charge in [-0.2, -0.15) is 0 Å². The first-order valence-corrected chi connectivity index (χ1v) is 12.7. The van der Waals surface area contributed by atoms with E-state index in [0.717, 1.165) is 35.6 Å². The summed E-state index contributed by atoms with van der Waals surface area (Å²) in [6.45, 7) is 4.08. The molecule has 1 heterocycles. The van der Waals surface area contributed by atoms with Crippen LogP contribution in [0.1, 0.15) is 62.0 Å². The molecule has 1 saturated heterocycles. The van der Waals surface area contributed by atoms with E-state index in [2.05, 4.69) is 17.4 Å². The molecule has 182 valence electrons. The molecule has 1 amide bonds. The molecule has 6 nitrogen and oxygen atoms in total. The smallest absolute Gasteiger partial charge is 0.268 e. The minimum absolute atomic E-state index is 0.00871. The highest BCUT2D eigenvalue weighted by molar-refractivity contribution is 5.99. The third kappa shape index (κ3) is 5.08. The molecule has 0 unspecified atom stereocenters. The number of nitrogens with zero attached hydrogens (tertiary/aromatic N) is 1. The summed E-state index contributed by atoms with van der Waals surface area (Å²) >= 11 is 0. The molecule has 2 aromatic rings. The van der Waals surface area contributed by atoms with Crippen LogP contribution in [0.15, 0.2) is 42.5 Å². The molecule has 0 aromatic heterocycles. The van der Waals surface area contributed by atoms with Gasteiger partial charge in [-0.1, -0.05) is 25.0 Å². The van der Waals surface area contributed by atoms with Gasteiger partial charge in [-0.15, -0.1) is 0 Å². The van der Waals surface area contributed by atoms with Crippen molar-refractivity contribution in [3.63, 3.8) is 0 Å². The lowest BCUT2D eigenvalue weighted by Gasteiger charge is -2.28. The van der Waals surface area contributed by atoms with E-state index in [-0.39, 0.29) is 18.1 Å². The summed E-state index contributed by atoms with van der Waals surface area (Å²) in [6, 6.07) is 14.1. The Morgan fingerprint density at radius 3 is 2.53 bits per heavy atom. The molecule has 0 bridgehead atoms. The Labute approximate surface area is 202 Å². The summed E-state index contributed by atoms with van der Waals surface area (Å²) in [5.74, 6) is 2.31. The van der Waals surface area contributed by atoms with Crippen molar-refractivity contribution < 1.29 is 19.4 Å². The van der Waals surface area contributed by atoms with Crippen LogP contribution < -0.4 is 19.7 Å². The van der Waals surface area contributed by atoms with Crippen LogP contribution in [-0.2, 0) is 4.79 Å². The maximum atomic E-state index is 13.0. The van der Waals surface area contributed by atoms with Crippen molar-refractivity contribution in [3.05, 3.63) is 53.6 Å². The average Bonchev–Trinajstić information content (AvgIpc) is 3.49. The number of amides is 1. The molecule has 5 rings (SSSR count). The molecule has 34 heavy (non-hydrogen) atoms. The van der Waals surface area contributed by atoms with Gasteiger partial charge in [0.2, 0.25) is 0 Å². The zero-order chi connectivity index (χ0) is 23.5. The van der Waals surface area contributed by atoms with Gasteiger partial charge >= 0.3 is 0 Å². The second-order valence-electron chi connectivity index (χ2n) is 10.1. The van der Waals surface area contributed by atoms with Crippen LogP contribution >= 0.6 is 0 Å². The molecule has 0 spiro atoms. The minimum atomic E-state index is -0.441. The van der Waals surface area contributed by atoms with Gasteiger partial charge in [-0.05, 0) is 80.0 Å². The van der Waals surface area contributed by atoms with Crippen molar-refractivity contribution in [2.75, 3.05) is 31.2 Å². The zero-order valence-corrected chi connectivity index (χ0v) is 20.1. The minimum Gasteiger partial charge on any atom is -0.492 e. The fourth-order valence-electron chi connectivity index (χ4n) is 5.30. The van der Waals surface area contributed by atoms with Crippen LogP contribution in [0.4, 0.5) is 5.69 Å². The van der Waals surface area contributed by atoms with Gasteiger partial charge in [0, 0.05) is 30.7 Å². The number of nitrogens with one attached hydrogen (secondary N) is 1. The van der Waals surface area contributed by atoms with Crippen molar-refractivity contribution in [3.8, 4) is 11.5 Å². The van der Waals surface area contributed by atoms with Gasteiger partial charge in [-0.3, -0.25) is 4.79 Å². The predicted molar refractivity (Wildman–Crippen MR) is 133 cm³/mol. The Bertz CT molecular complexity index is 996. The topological polar surface area (TPSA) is 71.0 Å². The van der Waals surface area contributed by atoms with Crippen LogP contribution in [-0.4, -0.2) is 49.0 Å². The quantitative estimate of drug-likeness (QED) is 0.512. The number of hydrogen-bond acceptors (Lipinski definition) is 5. The van der Waals surface area contributed by atoms with Crippen molar-refractivity contribution in [1.82, 2.24) is 5.32 Å². The van der Waals surface area contributed by atoms with Crippen LogP contribution in [0.5, 0.6) is 11.5 Å². The first-order chi connectivity index (χ1) is 16.6. The molecule has 3 aliphatic rings. The lowest BCUT2D eigenvalue weighted by atomic mass is 9.99. The van der Waals surface area contributed by atoms with Gasteiger partial charge in [0.05, 0.1) is 6.61 Å². The number of rotatable bonds is 10. The van der Waals surface area contributed by atoms with E-state index < -0.39 is 6.10 Å². The van der Waals surface area contributed by atoms with Crippen molar-refractivity contribution in [1.29, 1.82) is 0 Å². The molecule has 2 aliphatic carbocycles. The van der Waals surface area contributed by atoms with Crippen molar-refractivity contribution >= 4 is 11.6 Å². The van der Waals surface area contributed by atoms with Crippen molar-refractivity contribution in [2.24, 2.45) is 0 Å². The number of aryl methyl sites for hydroxylation is 1. The molecule has 1 atom stereocenters. The lowest BCUT2D eigenvalue weighted by Crippen LogP contribution is -2.47. The Kier molecular flexibility index (Phi) is 6.79. The molecule has 0 radical (unpaired) electrons. The van der Waals surface area contributed by atoms with Crippen LogP contribution in [0.2, 0.25) is 0 Å². The largest absolute Gasteiger partial charge is 0.492 e. The number of benzene rings is 2. The van der Waals surface area contributed by atoms with Gasteiger partial charge in [0.15, 0.2) is 6.10 Å². The number of anilines is 1. The Morgan fingerprint density at radius 1 is 1.09 bits per heavy atom. The van der Waals surface area contributed by atoms with E-state index in [1.54, 1.807) is 0 Å². The monoisotopic (exact) mass is 464 g/mol. The molecule has 2 saturated carbocycles. The molecular weight excluding hydrogens is 428 g/mol. The Hall–Kier alpha value is -2.57. The predicted octanol–water partition coefficient (Wildman–Crippen LogP) is 4.33. The fraction of sp³-hybridized carbons (Fsp3) is 0.536. The van der Waals surface area contributed by atoms with Gasteiger partial charge in [-0.25, -0.2) is 0 Å². The normalized spacial score (nSPS) is 21.8. The van der Waals surface area contributed by atoms with E-state index >= 15 is 0 Å². The second-order valence-corrected chi connectivity index (χ2v) is 10.1. The van der Waals surface area contributed by atoms with Gasteiger partial charge in [0.25, 0.3) is 5.91 Å². The Morgan fingerprint density at radius 2 is 1.85 bits per heavy atom. The van der Waals surface area contributed by atoms with Crippen LogP contribution in [0, 0.1) is 6.92 Å². The lowest BCUT2D eigenvalue weighted by molar-refractivity contribution is -0.122. The number of ether oxygens (including phenoxy) is 2. The summed E-state index contributed by atoms with van der Waals surface area (Å²) in [5, 5.41) is 13.2. The zero-order valence-electron chi connectivity index (χ0n) is 20.1. The highest BCUT2D eigenvalue weighted by atomic mass is 16.5. The van der Waals surface area contributed by atoms with E-state index in [1.165, 1.54) is 31.2 Å². The molecule has 1 aliphatic heterocycles. The molecular formula is C28H36N2O4.